The molecule has 0 radical (unpaired) electrons. The fourth-order valence-corrected chi connectivity index (χ4v) is 5.18. The van der Waals surface area contributed by atoms with Crippen LogP contribution in [-0.4, -0.2) is 42.6 Å². The van der Waals surface area contributed by atoms with E-state index < -0.39 is 48.3 Å². The first-order valence-corrected chi connectivity index (χ1v) is 13.6. The summed E-state index contributed by atoms with van der Waals surface area (Å²) in [7, 11) is 0. The predicted molar refractivity (Wildman–Crippen MR) is 145 cm³/mol. The van der Waals surface area contributed by atoms with Gasteiger partial charge in [0.25, 0.3) is 6.43 Å². The van der Waals surface area contributed by atoms with E-state index in [1.807, 2.05) is 24.3 Å². The molecule has 7 nitrogen and oxygen atoms in total. The van der Waals surface area contributed by atoms with Gasteiger partial charge in [0.2, 0.25) is 0 Å². The van der Waals surface area contributed by atoms with Crippen molar-refractivity contribution in [3.8, 4) is 10.4 Å². The van der Waals surface area contributed by atoms with Crippen molar-refractivity contribution in [1.29, 1.82) is 0 Å². The summed E-state index contributed by atoms with van der Waals surface area (Å²) < 4.78 is 55.9. The number of carbonyl (C=O) groups is 2. The van der Waals surface area contributed by atoms with Gasteiger partial charge in [-0.25, -0.2) is 22.8 Å². The van der Waals surface area contributed by atoms with Crippen LogP contribution in [0.4, 0.5) is 22.8 Å². The summed E-state index contributed by atoms with van der Waals surface area (Å²) in [5.74, 6) is -0.418. The van der Waals surface area contributed by atoms with E-state index in [2.05, 4.69) is 10.6 Å². The number of ether oxygens (including phenoxy) is 3. The molecule has 0 aliphatic carbocycles. The van der Waals surface area contributed by atoms with Gasteiger partial charge in [0.15, 0.2) is 12.2 Å². The molecule has 4 rings (SSSR count). The molecule has 1 saturated heterocycles. The molecule has 1 aromatic heterocycles. The Labute approximate surface area is 234 Å². The molecule has 40 heavy (non-hydrogen) atoms. The minimum Gasteiger partial charge on any atom is -0.441 e. The molecular weight excluding hydrogens is 545 g/mol. The van der Waals surface area contributed by atoms with E-state index in [0.29, 0.717) is 12.0 Å². The third kappa shape index (κ3) is 8.22. The van der Waals surface area contributed by atoms with E-state index in [-0.39, 0.29) is 18.7 Å². The van der Waals surface area contributed by atoms with Crippen molar-refractivity contribution in [2.24, 2.45) is 0 Å². The fraction of sp³-hybridized carbons (Fsp3) is 0.379. The Hall–Kier alpha value is -3.57. The summed E-state index contributed by atoms with van der Waals surface area (Å²) in [6, 6.07) is 14.4. The smallest absolute Gasteiger partial charge is 0.441 e. The standard InChI is InChI=1S/C29H31F3N2O5S/c1-29(2,3)39-28(36)37-23-15-33-22(25(23)38-27(35)34-14-18-5-4-6-21(30)11-18)12-17-7-9-19(10-8-17)24-13-20(16-40-24)26(31)32/h4-11,13,16,22-23,25-26,33H,12,14-15H2,1-3H3,(H,34,35)/t22?,23-,25-/m0/s1. The molecule has 3 aromatic rings. The van der Waals surface area contributed by atoms with E-state index in [1.165, 1.54) is 34.9 Å². The first-order chi connectivity index (χ1) is 19.0. The van der Waals surface area contributed by atoms with Crippen molar-refractivity contribution < 1.29 is 37.0 Å². The summed E-state index contributed by atoms with van der Waals surface area (Å²) in [4.78, 5) is 25.8. The van der Waals surface area contributed by atoms with Gasteiger partial charge in [-0.05, 0) is 62.1 Å². The van der Waals surface area contributed by atoms with Crippen LogP contribution in [0.25, 0.3) is 10.4 Å². The maximum Gasteiger partial charge on any atom is 0.509 e. The van der Waals surface area contributed by atoms with Crippen molar-refractivity contribution in [3.05, 3.63) is 82.5 Å². The number of nitrogens with one attached hydrogen (secondary N) is 2. The van der Waals surface area contributed by atoms with E-state index in [0.717, 1.165) is 16.0 Å². The Kier molecular flexibility index (Phi) is 9.36. The zero-order valence-electron chi connectivity index (χ0n) is 22.3. The molecule has 214 valence electrons. The summed E-state index contributed by atoms with van der Waals surface area (Å²) in [6.07, 6.45) is -5.36. The lowest BCUT2D eigenvalue weighted by Gasteiger charge is -2.26. The molecule has 1 aliphatic heterocycles. The molecule has 1 fully saturated rings. The fourth-order valence-electron chi connectivity index (χ4n) is 4.27. The van der Waals surface area contributed by atoms with Crippen LogP contribution < -0.4 is 10.6 Å². The number of alkyl carbamates (subject to hydrolysis) is 1. The Balaban J connectivity index is 1.43. The molecule has 0 bridgehead atoms. The zero-order valence-corrected chi connectivity index (χ0v) is 23.1. The van der Waals surface area contributed by atoms with Crippen molar-refractivity contribution in [2.75, 3.05) is 6.54 Å². The van der Waals surface area contributed by atoms with E-state index in [1.54, 1.807) is 32.9 Å². The van der Waals surface area contributed by atoms with E-state index in [9.17, 15) is 22.8 Å². The molecular formula is C29H31F3N2O5S. The second kappa shape index (κ2) is 12.7. The van der Waals surface area contributed by atoms with Crippen LogP contribution in [0.15, 0.2) is 60.0 Å². The molecule has 11 heteroatoms. The van der Waals surface area contributed by atoms with Gasteiger partial charge in [0, 0.05) is 28.9 Å². The number of halogens is 3. The van der Waals surface area contributed by atoms with Crippen molar-refractivity contribution in [1.82, 2.24) is 10.6 Å². The molecule has 0 saturated carbocycles. The van der Waals surface area contributed by atoms with Crippen LogP contribution in [0.1, 0.15) is 43.9 Å². The summed E-state index contributed by atoms with van der Waals surface area (Å²) in [6.45, 7) is 5.43. The maximum absolute atomic E-state index is 13.5. The van der Waals surface area contributed by atoms with Gasteiger partial charge >= 0.3 is 12.2 Å². The SMILES string of the molecule is CC(C)(C)OC(=O)O[C@H]1CNC(Cc2ccc(-c3cc(C(F)F)cs3)cc2)[C@@H]1OC(=O)NCc1cccc(F)c1. The quantitative estimate of drug-likeness (QED) is 0.293. The van der Waals surface area contributed by atoms with Crippen LogP contribution in [0, 0.1) is 5.82 Å². The molecule has 1 unspecified atom stereocenters. The number of alkyl halides is 2. The summed E-state index contributed by atoms with van der Waals surface area (Å²) in [5, 5.41) is 7.31. The third-order valence-electron chi connectivity index (χ3n) is 6.12. The van der Waals surface area contributed by atoms with Gasteiger partial charge in [0.1, 0.15) is 11.4 Å². The second-order valence-electron chi connectivity index (χ2n) is 10.4. The molecule has 3 atom stereocenters. The molecule has 1 aliphatic rings. The summed E-state index contributed by atoms with van der Waals surface area (Å²) >= 11 is 1.25. The number of hydrogen-bond acceptors (Lipinski definition) is 7. The number of rotatable bonds is 8. The van der Waals surface area contributed by atoms with E-state index in [4.69, 9.17) is 14.2 Å². The highest BCUT2D eigenvalue weighted by Crippen LogP contribution is 2.32. The number of hydrogen-bond donors (Lipinski definition) is 2. The normalized spacial score (nSPS) is 18.9. The minimum absolute atomic E-state index is 0.00840. The van der Waals surface area contributed by atoms with Gasteiger partial charge in [-0.2, -0.15) is 0 Å². The predicted octanol–water partition coefficient (Wildman–Crippen LogP) is 6.62. The number of carbonyl (C=O) groups excluding carboxylic acids is 2. The van der Waals surface area contributed by atoms with Crippen LogP contribution in [0.3, 0.4) is 0 Å². The highest BCUT2D eigenvalue weighted by atomic mass is 32.1. The average Bonchev–Trinajstić information content (AvgIpc) is 3.51. The molecule has 1 amide bonds. The zero-order chi connectivity index (χ0) is 28.9. The lowest BCUT2D eigenvalue weighted by molar-refractivity contribution is -0.0518. The van der Waals surface area contributed by atoms with Gasteiger partial charge in [0.05, 0.1) is 6.04 Å². The second-order valence-corrected chi connectivity index (χ2v) is 11.3. The molecule has 2 heterocycles. The number of amides is 1. The first kappa shape index (κ1) is 29.4. The number of benzene rings is 2. The monoisotopic (exact) mass is 576 g/mol. The summed E-state index contributed by atoms with van der Waals surface area (Å²) in [5.41, 5.74) is 1.51. The minimum atomic E-state index is -2.52. The Bertz CT molecular complexity index is 1310. The Morgan fingerprint density at radius 3 is 2.48 bits per heavy atom. The third-order valence-corrected chi connectivity index (χ3v) is 7.11. The molecule has 2 aromatic carbocycles. The topological polar surface area (TPSA) is 85.9 Å². The lowest BCUT2D eigenvalue weighted by Crippen LogP contribution is -2.43. The largest absolute Gasteiger partial charge is 0.509 e. The van der Waals surface area contributed by atoms with Gasteiger partial charge in [-0.3, -0.25) is 0 Å². The molecule has 0 spiro atoms. The Morgan fingerprint density at radius 1 is 1.07 bits per heavy atom. The van der Waals surface area contributed by atoms with Crippen LogP contribution in [0.2, 0.25) is 0 Å². The van der Waals surface area contributed by atoms with Gasteiger partial charge in [-0.15, -0.1) is 11.3 Å². The molecule has 2 N–H and O–H groups in total. The van der Waals surface area contributed by atoms with Crippen LogP contribution in [-0.2, 0) is 27.2 Å². The Morgan fingerprint density at radius 2 is 1.82 bits per heavy atom. The maximum atomic E-state index is 13.5. The van der Waals surface area contributed by atoms with E-state index >= 15 is 0 Å². The lowest BCUT2D eigenvalue weighted by atomic mass is 10.00. The van der Waals surface area contributed by atoms with Crippen LogP contribution in [0.5, 0.6) is 0 Å². The van der Waals surface area contributed by atoms with Gasteiger partial charge in [-0.1, -0.05) is 36.4 Å². The average molecular weight is 577 g/mol. The number of thiophene rings is 1. The first-order valence-electron chi connectivity index (χ1n) is 12.7. The highest BCUT2D eigenvalue weighted by Gasteiger charge is 2.42. The van der Waals surface area contributed by atoms with Crippen LogP contribution >= 0.6 is 11.3 Å². The van der Waals surface area contributed by atoms with Crippen molar-refractivity contribution >= 4 is 23.6 Å². The van der Waals surface area contributed by atoms with Gasteiger partial charge < -0.3 is 24.8 Å². The van der Waals surface area contributed by atoms with Crippen molar-refractivity contribution in [2.45, 2.75) is 64.0 Å². The highest BCUT2D eigenvalue weighted by molar-refractivity contribution is 7.13. The van der Waals surface area contributed by atoms with Crippen molar-refractivity contribution in [3.63, 3.8) is 0 Å².